The Labute approximate surface area is 195 Å². The van der Waals surface area contributed by atoms with Crippen LogP contribution >= 0.6 is 24.0 Å². The molecule has 1 atom stereocenters. The predicted molar refractivity (Wildman–Crippen MR) is 129 cm³/mol. The van der Waals surface area contributed by atoms with Gasteiger partial charge in [0.1, 0.15) is 6.10 Å². The summed E-state index contributed by atoms with van der Waals surface area (Å²) in [6, 6.07) is 10.2. The molecule has 0 bridgehead atoms. The number of aromatic nitrogens is 2. The minimum absolute atomic E-state index is 0. The number of ether oxygens (including phenoxy) is 1. The van der Waals surface area contributed by atoms with Gasteiger partial charge in [0.05, 0.1) is 11.7 Å². The Morgan fingerprint density at radius 1 is 1.33 bits per heavy atom. The molecule has 1 aromatic carbocycles. The first-order valence-corrected chi connectivity index (χ1v) is 10.4. The molecule has 2 N–H and O–H groups in total. The van der Waals surface area contributed by atoms with Crippen LogP contribution in [0.4, 0.5) is 0 Å². The molecule has 1 saturated carbocycles. The van der Waals surface area contributed by atoms with Gasteiger partial charge >= 0.3 is 5.97 Å². The first-order valence-electron chi connectivity index (χ1n) is 10.4. The number of esters is 1. The number of benzene rings is 1. The van der Waals surface area contributed by atoms with Crippen LogP contribution < -0.4 is 10.6 Å². The van der Waals surface area contributed by atoms with Crippen LogP contribution in [-0.4, -0.2) is 41.4 Å². The molecule has 1 heterocycles. The van der Waals surface area contributed by atoms with Gasteiger partial charge in [-0.3, -0.25) is 9.79 Å². The third kappa shape index (κ3) is 7.30. The molecule has 1 unspecified atom stereocenters. The van der Waals surface area contributed by atoms with Crippen LogP contribution in [-0.2, 0) is 9.53 Å². The van der Waals surface area contributed by atoms with Gasteiger partial charge in [-0.1, -0.05) is 12.1 Å². The lowest BCUT2D eigenvalue weighted by Crippen LogP contribution is -2.39. The third-order valence-corrected chi connectivity index (χ3v) is 5.17. The van der Waals surface area contributed by atoms with E-state index in [1.54, 1.807) is 13.2 Å². The Bertz CT molecular complexity index is 804. The highest BCUT2D eigenvalue weighted by Crippen LogP contribution is 2.21. The summed E-state index contributed by atoms with van der Waals surface area (Å²) in [6.45, 7) is 2.76. The number of nitrogens with one attached hydrogen (secondary N) is 2. The molecule has 0 amide bonds. The SMILES string of the molecule is CN=C(NCCCC(=O)OC1CCCC1)NC(C)c1cccc(-n2cccn2)c1.I. The molecule has 0 spiro atoms. The Hall–Kier alpha value is -2.10. The number of aliphatic imine (C=N–C) groups is 1. The fraction of sp³-hybridized carbons (Fsp3) is 0.500. The number of hydrogen-bond donors (Lipinski definition) is 2. The summed E-state index contributed by atoms with van der Waals surface area (Å²) in [5, 5.41) is 11.0. The van der Waals surface area contributed by atoms with E-state index in [9.17, 15) is 4.79 Å². The number of carbonyl (C=O) groups is 1. The minimum Gasteiger partial charge on any atom is -0.462 e. The van der Waals surface area contributed by atoms with E-state index in [1.807, 2.05) is 29.1 Å². The lowest BCUT2D eigenvalue weighted by molar-refractivity contribution is -0.148. The number of carbonyl (C=O) groups excluding carboxylic acids is 1. The van der Waals surface area contributed by atoms with Crippen molar-refractivity contribution in [2.45, 2.75) is 57.6 Å². The fourth-order valence-corrected chi connectivity index (χ4v) is 3.53. The summed E-state index contributed by atoms with van der Waals surface area (Å²) in [6.07, 6.45) is 9.36. The normalized spacial score (nSPS) is 15.3. The van der Waals surface area contributed by atoms with E-state index < -0.39 is 0 Å². The Kier molecular flexibility index (Phi) is 10.1. The predicted octanol–water partition coefficient (Wildman–Crippen LogP) is 3.98. The zero-order valence-corrected chi connectivity index (χ0v) is 20.0. The van der Waals surface area contributed by atoms with Crippen LogP contribution in [0.15, 0.2) is 47.7 Å². The number of rotatable bonds is 8. The summed E-state index contributed by atoms with van der Waals surface area (Å²) in [5.74, 6) is 0.622. The van der Waals surface area contributed by atoms with Crippen molar-refractivity contribution in [3.8, 4) is 5.69 Å². The summed E-state index contributed by atoms with van der Waals surface area (Å²) in [7, 11) is 1.75. The van der Waals surface area contributed by atoms with Crippen LogP contribution in [0.1, 0.15) is 57.1 Å². The summed E-state index contributed by atoms with van der Waals surface area (Å²) < 4.78 is 7.33. The summed E-state index contributed by atoms with van der Waals surface area (Å²) in [5.41, 5.74) is 2.16. The maximum Gasteiger partial charge on any atom is 0.306 e. The second kappa shape index (κ2) is 12.6. The monoisotopic (exact) mass is 525 g/mol. The average molecular weight is 525 g/mol. The number of nitrogens with zero attached hydrogens (tertiary/aromatic N) is 3. The maximum atomic E-state index is 11.9. The fourth-order valence-electron chi connectivity index (χ4n) is 3.53. The van der Waals surface area contributed by atoms with E-state index in [0.29, 0.717) is 18.9 Å². The number of halogens is 1. The van der Waals surface area contributed by atoms with E-state index in [0.717, 1.165) is 30.5 Å². The van der Waals surface area contributed by atoms with E-state index in [-0.39, 0.29) is 42.1 Å². The first kappa shape index (κ1) is 24.2. The van der Waals surface area contributed by atoms with Gasteiger partial charge in [-0.05, 0) is 62.8 Å². The zero-order valence-electron chi connectivity index (χ0n) is 17.7. The molecule has 8 heteroatoms. The molecule has 7 nitrogen and oxygen atoms in total. The van der Waals surface area contributed by atoms with Crippen molar-refractivity contribution in [2.24, 2.45) is 4.99 Å². The molecule has 1 aromatic heterocycles. The molecule has 1 aliphatic carbocycles. The maximum absolute atomic E-state index is 11.9. The lowest BCUT2D eigenvalue weighted by atomic mass is 10.1. The van der Waals surface area contributed by atoms with Gasteiger partial charge in [-0.2, -0.15) is 5.10 Å². The van der Waals surface area contributed by atoms with Gasteiger partial charge in [0.15, 0.2) is 5.96 Å². The highest BCUT2D eigenvalue weighted by molar-refractivity contribution is 14.0. The van der Waals surface area contributed by atoms with Crippen LogP contribution in [0, 0.1) is 0 Å². The molecular weight excluding hydrogens is 493 g/mol. The van der Waals surface area contributed by atoms with E-state index in [4.69, 9.17) is 4.74 Å². The second-order valence-corrected chi connectivity index (χ2v) is 7.41. The van der Waals surface area contributed by atoms with Gasteiger partial charge in [0.25, 0.3) is 0 Å². The molecule has 0 aliphatic heterocycles. The Balaban J connectivity index is 0.00000320. The van der Waals surface area contributed by atoms with Gasteiger partial charge in [0.2, 0.25) is 0 Å². The van der Waals surface area contributed by atoms with E-state index >= 15 is 0 Å². The zero-order chi connectivity index (χ0) is 20.5. The Morgan fingerprint density at radius 2 is 2.13 bits per heavy atom. The van der Waals surface area contributed by atoms with Gasteiger partial charge < -0.3 is 15.4 Å². The summed E-state index contributed by atoms with van der Waals surface area (Å²) >= 11 is 0. The van der Waals surface area contributed by atoms with Gasteiger partial charge in [0, 0.05) is 32.4 Å². The van der Waals surface area contributed by atoms with Crippen LogP contribution in [0.2, 0.25) is 0 Å². The number of guanidine groups is 1. The van der Waals surface area contributed by atoms with Crippen LogP contribution in [0.5, 0.6) is 0 Å². The highest BCUT2D eigenvalue weighted by Gasteiger charge is 2.18. The molecule has 2 aromatic rings. The van der Waals surface area contributed by atoms with Gasteiger partial charge in [-0.25, -0.2) is 4.68 Å². The van der Waals surface area contributed by atoms with Crippen LogP contribution in [0.3, 0.4) is 0 Å². The first-order chi connectivity index (χ1) is 14.2. The topological polar surface area (TPSA) is 80.5 Å². The molecule has 164 valence electrons. The van der Waals surface area contributed by atoms with Crippen molar-refractivity contribution in [2.75, 3.05) is 13.6 Å². The highest BCUT2D eigenvalue weighted by atomic mass is 127. The van der Waals surface area contributed by atoms with Crippen molar-refractivity contribution >= 4 is 35.9 Å². The van der Waals surface area contributed by atoms with Crippen molar-refractivity contribution in [1.82, 2.24) is 20.4 Å². The summed E-state index contributed by atoms with van der Waals surface area (Å²) in [4.78, 5) is 16.2. The van der Waals surface area contributed by atoms with E-state index in [2.05, 4.69) is 39.8 Å². The minimum atomic E-state index is -0.0922. The van der Waals surface area contributed by atoms with Crippen molar-refractivity contribution in [3.63, 3.8) is 0 Å². The third-order valence-electron chi connectivity index (χ3n) is 5.17. The molecule has 0 saturated heterocycles. The molecule has 30 heavy (non-hydrogen) atoms. The standard InChI is InChI=1S/C22H31N5O2.HI/c1-17(18-8-5-9-19(16-18)27-15-7-14-25-27)26-22(23-2)24-13-6-12-21(28)29-20-10-3-4-11-20;/h5,7-9,14-17,20H,3-4,6,10-13H2,1-2H3,(H2,23,24,26);1H. The molecule has 3 rings (SSSR count). The molecule has 1 aliphatic rings. The van der Waals surface area contributed by atoms with E-state index in [1.165, 1.54) is 12.8 Å². The van der Waals surface area contributed by atoms with Gasteiger partial charge in [-0.15, -0.1) is 24.0 Å². The largest absolute Gasteiger partial charge is 0.462 e. The van der Waals surface area contributed by atoms with Crippen molar-refractivity contribution in [3.05, 3.63) is 48.3 Å². The Morgan fingerprint density at radius 3 is 2.83 bits per heavy atom. The van der Waals surface area contributed by atoms with Crippen LogP contribution in [0.25, 0.3) is 5.69 Å². The molecule has 0 radical (unpaired) electrons. The average Bonchev–Trinajstić information content (AvgIpc) is 3.44. The van der Waals surface area contributed by atoms with Crippen molar-refractivity contribution in [1.29, 1.82) is 0 Å². The second-order valence-electron chi connectivity index (χ2n) is 7.41. The molecular formula is C22H32IN5O2. The quantitative estimate of drug-likeness (QED) is 0.179. The lowest BCUT2D eigenvalue weighted by Gasteiger charge is -2.19. The van der Waals surface area contributed by atoms with Crippen molar-refractivity contribution < 1.29 is 9.53 Å². The molecule has 1 fully saturated rings. The number of hydrogen-bond acceptors (Lipinski definition) is 4. The smallest absolute Gasteiger partial charge is 0.306 e.